The number of para-hydroxylation sites is 1. The SMILES string of the molecule is CN=C(NCc1ccc(OC)cc1)NCc1ccccc1-n1nc(C)cc1C. The normalized spacial score (nSPS) is 11.4. The van der Waals surface area contributed by atoms with Crippen molar-refractivity contribution in [2.24, 2.45) is 4.99 Å². The third-order valence-electron chi connectivity index (χ3n) is 4.52. The first-order valence-electron chi connectivity index (χ1n) is 9.29. The summed E-state index contributed by atoms with van der Waals surface area (Å²) in [6.45, 7) is 5.41. The summed E-state index contributed by atoms with van der Waals surface area (Å²) in [6.07, 6.45) is 0. The van der Waals surface area contributed by atoms with Gasteiger partial charge in [0.1, 0.15) is 5.75 Å². The summed E-state index contributed by atoms with van der Waals surface area (Å²) >= 11 is 0. The van der Waals surface area contributed by atoms with Gasteiger partial charge >= 0.3 is 0 Å². The molecule has 0 aliphatic carbocycles. The van der Waals surface area contributed by atoms with Gasteiger partial charge in [0.05, 0.1) is 18.5 Å². The van der Waals surface area contributed by atoms with Crippen LogP contribution in [0.25, 0.3) is 5.69 Å². The number of hydrogen-bond donors (Lipinski definition) is 2. The summed E-state index contributed by atoms with van der Waals surface area (Å²) in [5, 5.41) is 11.3. The predicted molar refractivity (Wildman–Crippen MR) is 113 cm³/mol. The minimum atomic E-state index is 0.650. The van der Waals surface area contributed by atoms with E-state index in [-0.39, 0.29) is 0 Å². The van der Waals surface area contributed by atoms with Crippen LogP contribution in [-0.4, -0.2) is 29.9 Å². The number of hydrogen-bond acceptors (Lipinski definition) is 3. The first kappa shape index (κ1) is 19.5. The molecule has 1 aromatic heterocycles. The summed E-state index contributed by atoms with van der Waals surface area (Å²) in [4.78, 5) is 4.32. The van der Waals surface area contributed by atoms with Gasteiger partial charge in [0.15, 0.2) is 5.96 Å². The molecule has 6 heteroatoms. The number of nitrogens with zero attached hydrogens (tertiary/aromatic N) is 3. The molecule has 0 fully saturated rings. The van der Waals surface area contributed by atoms with Crippen LogP contribution >= 0.6 is 0 Å². The van der Waals surface area contributed by atoms with Crippen LogP contribution in [-0.2, 0) is 13.1 Å². The van der Waals surface area contributed by atoms with E-state index < -0.39 is 0 Å². The molecule has 6 nitrogen and oxygen atoms in total. The minimum Gasteiger partial charge on any atom is -0.497 e. The molecule has 0 saturated carbocycles. The molecule has 3 aromatic rings. The maximum Gasteiger partial charge on any atom is 0.191 e. The highest BCUT2D eigenvalue weighted by atomic mass is 16.5. The smallest absolute Gasteiger partial charge is 0.191 e. The van der Waals surface area contributed by atoms with Crippen molar-refractivity contribution < 1.29 is 4.74 Å². The fourth-order valence-electron chi connectivity index (χ4n) is 3.07. The van der Waals surface area contributed by atoms with Gasteiger partial charge in [-0.2, -0.15) is 5.10 Å². The van der Waals surface area contributed by atoms with E-state index in [1.54, 1.807) is 14.2 Å². The number of aromatic nitrogens is 2. The highest BCUT2D eigenvalue weighted by Gasteiger charge is 2.09. The molecule has 2 N–H and O–H groups in total. The second-order valence-corrected chi connectivity index (χ2v) is 6.60. The van der Waals surface area contributed by atoms with Crippen molar-refractivity contribution in [2.45, 2.75) is 26.9 Å². The topological polar surface area (TPSA) is 63.5 Å². The fourth-order valence-corrected chi connectivity index (χ4v) is 3.07. The van der Waals surface area contributed by atoms with Crippen molar-refractivity contribution in [3.8, 4) is 11.4 Å². The molecule has 2 aromatic carbocycles. The summed E-state index contributed by atoms with van der Waals surface area (Å²) in [5.41, 5.74) is 5.52. The number of guanidine groups is 1. The van der Waals surface area contributed by atoms with E-state index in [1.807, 2.05) is 48.0 Å². The van der Waals surface area contributed by atoms with Crippen LogP contribution in [0.2, 0.25) is 0 Å². The number of rotatable bonds is 6. The lowest BCUT2D eigenvalue weighted by Crippen LogP contribution is -2.36. The van der Waals surface area contributed by atoms with Crippen molar-refractivity contribution in [3.63, 3.8) is 0 Å². The van der Waals surface area contributed by atoms with Crippen LogP contribution in [0.4, 0.5) is 0 Å². The van der Waals surface area contributed by atoms with Crippen LogP contribution in [0.15, 0.2) is 59.6 Å². The van der Waals surface area contributed by atoms with Gasteiger partial charge < -0.3 is 15.4 Å². The van der Waals surface area contributed by atoms with Crippen LogP contribution in [0.1, 0.15) is 22.5 Å². The van der Waals surface area contributed by atoms with E-state index in [1.165, 1.54) is 0 Å². The molecule has 1 heterocycles. The highest BCUT2D eigenvalue weighted by molar-refractivity contribution is 5.79. The number of aryl methyl sites for hydroxylation is 2. The van der Waals surface area contributed by atoms with Crippen molar-refractivity contribution in [1.29, 1.82) is 0 Å². The second-order valence-electron chi connectivity index (χ2n) is 6.60. The average Bonchev–Trinajstić information content (AvgIpc) is 3.06. The summed E-state index contributed by atoms with van der Waals surface area (Å²) in [6, 6.07) is 18.3. The molecule has 146 valence electrons. The zero-order valence-electron chi connectivity index (χ0n) is 16.9. The second kappa shape index (κ2) is 9.08. The Hall–Kier alpha value is -3.28. The first-order chi connectivity index (χ1) is 13.6. The quantitative estimate of drug-likeness (QED) is 0.511. The molecule has 0 atom stereocenters. The van der Waals surface area contributed by atoms with E-state index in [4.69, 9.17) is 4.74 Å². The number of ether oxygens (including phenoxy) is 1. The van der Waals surface area contributed by atoms with Crippen LogP contribution in [0.5, 0.6) is 5.75 Å². The molecule has 0 saturated heterocycles. The van der Waals surface area contributed by atoms with Crippen molar-refractivity contribution in [1.82, 2.24) is 20.4 Å². The molecule has 28 heavy (non-hydrogen) atoms. The van der Waals surface area contributed by atoms with Gasteiger partial charge in [-0.1, -0.05) is 30.3 Å². The van der Waals surface area contributed by atoms with Crippen molar-refractivity contribution in [2.75, 3.05) is 14.2 Å². The number of nitrogens with one attached hydrogen (secondary N) is 2. The number of benzene rings is 2. The lowest BCUT2D eigenvalue weighted by atomic mass is 10.1. The Kier molecular flexibility index (Phi) is 6.32. The average molecular weight is 377 g/mol. The lowest BCUT2D eigenvalue weighted by molar-refractivity contribution is 0.414. The van der Waals surface area contributed by atoms with Gasteiger partial charge in [0.2, 0.25) is 0 Å². The van der Waals surface area contributed by atoms with Crippen LogP contribution in [0.3, 0.4) is 0 Å². The fraction of sp³-hybridized carbons (Fsp3) is 0.273. The van der Waals surface area contributed by atoms with E-state index in [9.17, 15) is 0 Å². The largest absolute Gasteiger partial charge is 0.497 e. The van der Waals surface area contributed by atoms with Gasteiger partial charge in [-0.05, 0) is 49.2 Å². The molecule has 3 rings (SSSR count). The molecular weight excluding hydrogens is 350 g/mol. The van der Waals surface area contributed by atoms with E-state index >= 15 is 0 Å². The summed E-state index contributed by atoms with van der Waals surface area (Å²) in [7, 11) is 3.44. The van der Waals surface area contributed by atoms with E-state index in [0.29, 0.717) is 13.1 Å². The van der Waals surface area contributed by atoms with Gasteiger partial charge in [-0.15, -0.1) is 0 Å². The van der Waals surface area contributed by atoms with Gasteiger partial charge in [0, 0.05) is 25.8 Å². The Morgan fingerprint density at radius 2 is 1.75 bits per heavy atom. The minimum absolute atomic E-state index is 0.650. The predicted octanol–water partition coefficient (Wildman–Crippen LogP) is 3.36. The standard InChI is InChI=1S/C22H27N5O/c1-16-13-17(2)27(26-16)21-8-6-5-7-19(21)15-25-22(23-3)24-14-18-9-11-20(28-4)12-10-18/h5-13H,14-15H2,1-4H3,(H2,23,24,25). The molecule has 0 radical (unpaired) electrons. The Balaban J connectivity index is 1.64. The first-order valence-corrected chi connectivity index (χ1v) is 9.29. The third kappa shape index (κ3) is 4.71. The number of aliphatic imine (C=N–C) groups is 1. The third-order valence-corrected chi connectivity index (χ3v) is 4.52. The summed E-state index contributed by atoms with van der Waals surface area (Å²) < 4.78 is 7.18. The Bertz CT molecular complexity index is 944. The Labute approximate surface area is 166 Å². The zero-order chi connectivity index (χ0) is 19.9. The molecular formula is C22H27N5O. The molecule has 0 aliphatic heterocycles. The summed E-state index contributed by atoms with van der Waals surface area (Å²) in [5.74, 6) is 1.60. The van der Waals surface area contributed by atoms with E-state index in [0.717, 1.165) is 39.9 Å². The highest BCUT2D eigenvalue weighted by Crippen LogP contribution is 2.17. The number of methoxy groups -OCH3 is 1. The Morgan fingerprint density at radius 3 is 2.39 bits per heavy atom. The maximum absolute atomic E-state index is 5.20. The van der Waals surface area contributed by atoms with Gasteiger partial charge in [-0.3, -0.25) is 4.99 Å². The maximum atomic E-state index is 5.20. The van der Waals surface area contributed by atoms with Gasteiger partial charge in [-0.25, -0.2) is 4.68 Å². The monoisotopic (exact) mass is 377 g/mol. The molecule has 0 bridgehead atoms. The zero-order valence-corrected chi connectivity index (χ0v) is 16.9. The van der Waals surface area contributed by atoms with Crippen molar-refractivity contribution in [3.05, 3.63) is 77.1 Å². The van der Waals surface area contributed by atoms with E-state index in [2.05, 4.69) is 45.8 Å². The van der Waals surface area contributed by atoms with Crippen LogP contribution < -0.4 is 15.4 Å². The molecule has 0 spiro atoms. The Morgan fingerprint density at radius 1 is 1.04 bits per heavy atom. The molecule has 0 aliphatic rings. The van der Waals surface area contributed by atoms with Gasteiger partial charge in [0.25, 0.3) is 0 Å². The van der Waals surface area contributed by atoms with Crippen molar-refractivity contribution >= 4 is 5.96 Å². The molecule has 0 amide bonds. The van der Waals surface area contributed by atoms with Crippen LogP contribution in [0, 0.1) is 13.8 Å². The lowest BCUT2D eigenvalue weighted by Gasteiger charge is -2.15. The molecule has 0 unspecified atom stereocenters.